The molecule has 3 nitrogen and oxygen atoms in total. The lowest BCUT2D eigenvalue weighted by Gasteiger charge is -2.24. The molecule has 88 valence electrons. The van der Waals surface area contributed by atoms with E-state index < -0.39 is 17.3 Å². The summed E-state index contributed by atoms with van der Waals surface area (Å²) in [6.45, 7) is 3.75. The molecule has 0 aliphatic heterocycles. The van der Waals surface area contributed by atoms with Crippen LogP contribution in [0.25, 0.3) is 0 Å². The molecule has 1 aromatic rings. The van der Waals surface area contributed by atoms with Gasteiger partial charge in [0.2, 0.25) is 0 Å². The number of carbonyl (C=O) groups is 1. The second kappa shape index (κ2) is 4.80. The fourth-order valence-corrected chi connectivity index (χ4v) is 1.38. The van der Waals surface area contributed by atoms with Crippen molar-refractivity contribution in [3.8, 4) is 0 Å². The van der Waals surface area contributed by atoms with Gasteiger partial charge in [0.1, 0.15) is 5.82 Å². The van der Waals surface area contributed by atoms with Crippen LogP contribution in [-0.2, 0) is 0 Å². The molecule has 1 rings (SSSR count). The summed E-state index contributed by atoms with van der Waals surface area (Å²) in [7, 11) is 0. The summed E-state index contributed by atoms with van der Waals surface area (Å²) < 4.78 is 13.4. The molecule has 0 saturated carbocycles. The summed E-state index contributed by atoms with van der Waals surface area (Å²) in [5.41, 5.74) is 4.73. The van der Waals surface area contributed by atoms with Crippen LogP contribution in [0.5, 0.6) is 0 Å². The summed E-state index contributed by atoms with van der Waals surface area (Å²) in [5.74, 6) is -1.20. The largest absolute Gasteiger partial charge is 0.346 e. The lowest BCUT2D eigenvalue weighted by Crippen LogP contribution is -2.49. The minimum Gasteiger partial charge on any atom is -0.346 e. The molecular formula is C11H14ClFN2O. The number of nitrogens with one attached hydrogen (secondary N) is 1. The van der Waals surface area contributed by atoms with Crippen LogP contribution in [-0.4, -0.2) is 18.0 Å². The van der Waals surface area contributed by atoms with E-state index in [0.717, 1.165) is 0 Å². The van der Waals surface area contributed by atoms with Crippen molar-refractivity contribution in [2.45, 2.75) is 19.4 Å². The molecule has 1 amide bonds. The van der Waals surface area contributed by atoms with Gasteiger partial charge in [-0.05, 0) is 26.0 Å². The van der Waals surface area contributed by atoms with E-state index in [1.807, 2.05) is 0 Å². The fourth-order valence-electron chi connectivity index (χ4n) is 1.14. The molecular weight excluding hydrogens is 231 g/mol. The summed E-state index contributed by atoms with van der Waals surface area (Å²) in [6.07, 6.45) is 0. The highest BCUT2D eigenvalue weighted by molar-refractivity contribution is 6.33. The number of hydrogen-bond donors (Lipinski definition) is 2. The topological polar surface area (TPSA) is 55.1 Å². The molecule has 0 heterocycles. The Hall–Kier alpha value is -1.13. The van der Waals surface area contributed by atoms with Crippen LogP contribution >= 0.6 is 11.6 Å². The maximum atomic E-state index is 13.4. The van der Waals surface area contributed by atoms with Gasteiger partial charge in [0, 0.05) is 12.1 Å². The molecule has 0 saturated heterocycles. The third-order valence-corrected chi connectivity index (χ3v) is 2.47. The van der Waals surface area contributed by atoms with Crippen molar-refractivity contribution in [3.05, 3.63) is 34.6 Å². The minimum atomic E-state index is -0.641. The van der Waals surface area contributed by atoms with Gasteiger partial charge in [-0.2, -0.15) is 0 Å². The maximum Gasteiger partial charge on any atom is 0.256 e. The van der Waals surface area contributed by atoms with Crippen LogP contribution in [0.2, 0.25) is 5.02 Å². The molecule has 3 N–H and O–H groups in total. The fraction of sp³-hybridized carbons (Fsp3) is 0.364. The number of amides is 1. The first-order valence-electron chi connectivity index (χ1n) is 4.84. The van der Waals surface area contributed by atoms with Crippen LogP contribution < -0.4 is 11.1 Å². The van der Waals surface area contributed by atoms with E-state index in [4.69, 9.17) is 17.3 Å². The summed E-state index contributed by atoms with van der Waals surface area (Å²) in [4.78, 5) is 11.8. The Morgan fingerprint density at radius 1 is 1.56 bits per heavy atom. The predicted octanol–water partition coefficient (Wildman–Crippen LogP) is 1.95. The van der Waals surface area contributed by atoms with E-state index in [1.165, 1.54) is 18.2 Å². The first-order valence-corrected chi connectivity index (χ1v) is 5.22. The van der Waals surface area contributed by atoms with Crippen LogP contribution in [0.3, 0.4) is 0 Å². The Morgan fingerprint density at radius 2 is 2.19 bits per heavy atom. The number of benzene rings is 1. The zero-order valence-electron chi connectivity index (χ0n) is 9.18. The Kier molecular flexibility index (Phi) is 3.88. The first kappa shape index (κ1) is 12.9. The molecule has 0 aliphatic rings. The van der Waals surface area contributed by atoms with Crippen LogP contribution in [0.1, 0.15) is 24.2 Å². The van der Waals surface area contributed by atoms with Crippen molar-refractivity contribution in [2.75, 3.05) is 6.54 Å². The molecule has 0 aromatic heterocycles. The molecule has 0 spiro atoms. The van der Waals surface area contributed by atoms with Gasteiger partial charge < -0.3 is 11.1 Å². The minimum absolute atomic E-state index is 0.0883. The van der Waals surface area contributed by atoms with Crippen molar-refractivity contribution in [1.82, 2.24) is 5.32 Å². The van der Waals surface area contributed by atoms with E-state index in [2.05, 4.69) is 5.32 Å². The zero-order valence-corrected chi connectivity index (χ0v) is 9.94. The van der Waals surface area contributed by atoms with E-state index >= 15 is 0 Å². The quantitative estimate of drug-likeness (QED) is 0.854. The van der Waals surface area contributed by atoms with Gasteiger partial charge in [-0.1, -0.05) is 17.7 Å². The maximum absolute atomic E-state index is 13.4. The normalized spacial score (nSPS) is 11.3. The molecule has 0 radical (unpaired) electrons. The third-order valence-electron chi connectivity index (χ3n) is 2.15. The molecule has 5 heteroatoms. The lowest BCUT2D eigenvalue weighted by molar-refractivity contribution is 0.0912. The van der Waals surface area contributed by atoms with Crippen LogP contribution in [0.15, 0.2) is 18.2 Å². The van der Waals surface area contributed by atoms with Crippen LogP contribution in [0, 0.1) is 5.82 Å². The lowest BCUT2D eigenvalue weighted by atomic mass is 10.1. The summed E-state index contributed by atoms with van der Waals surface area (Å²) in [5, 5.41) is 2.70. The van der Waals surface area contributed by atoms with Crippen molar-refractivity contribution in [1.29, 1.82) is 0 Å². The second-order valence-electron chi connectivity index (χ2n) is 4.14. The molecule has 0 bridgehead atoms. The highest BCUT2D eigenvalue weighted by Gasteiger charge is 2.22. The van der Waals surface area contributed by atoms with Crippen molar-refractivity contribution in [2.24, 2.45) is 5.73 Å². The molecule has 0 atom stereocenters. The third kappa shape index (κ3) is 2.93. The van der Waals surface area contributed by atoms with Crippen molar-refractivity contribution in [3.63, 3.8) is 0 Å². The van der Waals surface area contributed by atoms with Gasteiger partial charge in [0.15, 0.2) is 0 Å². The van der Waals surface area contributed by atoms with E-state index in [0.29, 0.717) is 0 Å². The van der Waals surface area contributed by atoms with E-state index in [9.17, 15) is 9.18 Å². The Bertz CT molecular complexity index is 387. The molecule has 0 unspecified atom stereocenters. The number of hydrogen-bond acceptors (Lipinski definition) is 2. The molecule has 1 aromatic carbocycles. The molecule has 0 aliphatic carbocycles. The zero-order chi connectivity index (χ0) is 12.3. The van der Waals surface area contributed by atoms with E-state index in [-0.39, 0.29) is 17.1 Å². The SMILES string of the molecule is CC(C)(CN)NC(=O)c1c(F)cccc1Cl. The van der Waals surface area contributed by atoms with Crippen molar-refractivity contribution >= 4 is 17.5 Å². The number of halogens is 2. The Balaban J connectivity index is 2.98. The monoisotopic (exact) mass is 244 g/mol. The average Bonchev–Trinajstić information content (AvgIpc) is 2.16. The second-order valence-corrected chi connectivity index (χ2v) is 4.55. The van der Waals surface area contributed by atoms with Gasteiger partial charge in [0.05, 0.1) is 10.6 Å². The first-order chi connectivity index (χ1) is 7.37. The standard InChI is InChI=1S/C11H14ClFN2O/c1-11(2,6-14)15-10(16)9-7(12)4-3-5-8(9)13/h3-5H,6,14H2,1-2H3,(H,15,16). The summed E-state index contributed by atoms with van der Waals surface area (Å²) in [6, 6.07) is 4.10. The van der Waals surface area contributed by atoms with Gasteiger partial charge in [-0.15, -0.1) is 0 Å². The van der Waals surface area contributed by atoms with Gasteiger partial charge in [-0.25, -0.2) is 4.39 Å². The predicted molar refractivity (Wildman–Crippen MR) is 62.0 cm³/mol. The average molecular weight is 245 g/mol. The Labute approximate surface area is 98.8 Å². The number of nitrogens with two attached hydrogens (primary N) is 1. The van der Waals surface area contributed by atoms with Gasteiger partial charge >= 0.3 is 0 Å². The number of rotatable bonds is 3. The van der Waals surface area contributed by atoms with Crippen LogP contribution in [0.4, 0.5) is 4.39 Å². The highest BCUT2D eigenvalue weighted by Crippen LogP contribution is 2.19. The molecule has 16 heavy (non-hydrogen) atoms. The van der Waals surface area contributed by atoms with E-state index in [1.54, 1.807) is 13.8 Å². The molecule has 0 fully saturated rings. The number of carbonyl (C=O) groups excluding carboxylic acids is 1. The van der Waals surface area contributed by atoms with Gasteiger partial charge in [0.25, 0.3) is 5.91 Å². The summed E-state index contributed by atoms with van der Waals surface area (Å²) >= 11 is 5.76. The smallest absolute Gasteiger partial charge is 0.256 e. The highest BCUT2D eigenvalue weighted by atomic mass is 35.5. The van der Waals surface area contributed by atoms with Gasteiger partial charge in [-0.3, -0.25) is 4.79 Å². The Morgan fingerprint density at radius 3 is 2.69 bits per heavy atom. The van der Waals surface area contributed by atoms with Crippen molar-refractivity contribution < 1.29 is 9.18 Å².